The van der Waals surface area contributed by atoms with Crippen molar-refractivity contribution < 1.29 is 9.53 Å². The topological polar surface area (TPSA) is 54.5 Å². The number of hydrogen-bond donors (Lipinski definition) is 1. The van der Waals surface area contributed by atoms with Crippen LogP contribution in [0.2, 0.25) is 0 Å². The molecule has 0 atom stereocenters. The third kappa shape index (κ3) is 2.14. The van der Waals surface area contributed by atoms with Crippen LogP contribution in [0.3, 0.4) is 0 Å². The first-order valence-electron chi connectivity index (χ1n) is 5.18. The molecule has 1 aromatic heterocycles. The highest BCUT2D eigenvalue weighted by molar-refractivity contribution is 5.94. The van der Waals surface area contributed by atoms with Crippen LogP contribution in [0.1, 0.15) is 0 Å². The first kappa shape index (κ1) is 10.9. The van der Waals surface area contributed by atoms with Crippen LogP contribution >= 0.6 is 0 Å². The molecule has 0 unspecified atom stereocenters. The molecule has 0 bridgehead atoms. The lowest BCUT2D eigenvalue weighted by molar-refractivity contribution is -0.124. The Labute approximate surface area is 94.4 Å². The fourth-order valence-corrected chi connectivity index (χ4v) is 1.75. The zero-order valence-electron chi connectivity index (χ0n) is 9.43. The molecule has 16 heavy (non-hydrogen) atoms. The van der Waals surface area contributed by atoms with Gasteiger partial charge in [-0.15, -0.1) is 0 Å². The van der Waals surface area contributed by atoms with Crippen LogP contribution < -0.4 is 10.1 Å². The third-order valence-electron chi connectivity index (χ3n) is 2.70. The molecule has 1 N–H and O–H groups in total. The Balaban J connectivity index is 2.00. The van der Waals surface area contributed by atoms with Gasteiger partial charge in [-0.2, -0.15) is 0 Å². The van der Waals surface area contributed by atoms with E-state index in [4.69, 9.17) is 4.74 Å². The smallest absolute Gasteiger partial charge is 0.230 e. The number of methoxy groups -OCH3 is 1. The minimum absolute atomic E-state index is 0.0441. The summed E-state index contributed by atoms with van der Waals surface area (Å²) in [4.78, 5) is 17.8. The van der Waals surface area contributed by atoms with Crippen molar-refractivity contribution in [3.05, 3.63) is 18.5 Å². The van der Waals surface area contributed by atoms with Crippen molar-refractivity contribution in [1.82, 2.24) is 9.88 Å². The summed E-state index contributed by atoms with van der Waals surface area (Å²) in [5, 5.41) is 2.85. The Morgan fingerprint density at radius 3 is 3.00 bits per heavy atom. The molecule has 1 aliphatic rings. The summed E-state index contributed by atoms with van der Waals surface area (Å²) in [6, 6.07) is 1.74. The number of anilines is 1. The summed E-state index contributed by atoms with van der Waals surface area (Å²) in [6.45, 7) is 1.64. The Kier molecular flexibility index (Phi) is 3.05. The molecule has 1 fully saturated rings. The minimum atomic E-state index is 0.0441. The van der Waals surface area contributed by atoms with Crippen LogP contribution in [0, 0.1) is 5.92 Å². The van der Waals surface area contributed by atoms with Crippen molar-refractivity contribution in [1.29, 1.82) is 0 Å². The van der Waals surface area contributed by atoms with Crippen molar-refractivity contribution in [2.75, 3.05) is 32.6 Å². The van der Waals surface area contributed by atoms with E-state index in [2.05, 4.69) is 15.2 Å². The van der Waals surface area contributed by atoms with Gasteiger partial charge < -0.3 is 15.0 Å². The first-order valence-corrected chi connectivity index (χ1v) is 5.18. The van der Waals surface area contributed by atoms with E-state index < -0.39 is 0 Å². The lowest BCUT2D eigenvalue weighted by Crippen LogP contribution is -2.49. The molecule has 0 saturated carbocycles. The number of rotatable bonds is 3. The summed E-state index contributed by atoms with van der Waals surface area (Å²) >= 11 is 0. The van der Waals surface area contributed by atoms with Gasteiger partial charge in [0.25, 0.3) is 0 Å². The molecule has 1 amide bonds. The fourth-order valence-electron chi connectivity index (χ4n) is 1.75. The molecule has 0 spiro atoms. The van der Waals surface area contributed by atoms with Gasteiger partial charge in [-0.3, -0.25) is 9.78 Å². The van der Waals surface area contributed by atoms with E-state index in [9.17, 15) is 4.79 Å². The summed E-state index contributed by atoms with van der Waals surface area (Å²) < 4.78 is 5.11. The third-order valence-corrected chi connectivity index (χ3v) is 2.70. The van der Waals surface area contributed by atoms with Crippen molar-refractivity contribution in [2.24, 2.45) is 5.92 Å². The maximum Gasteiger partial charge on any atom is 0.230 e. The molecular weight excluding hydrogens is 206 g/mol. The van der Waals surface area contributed by atoms with E-state index in [1.807, 2.05) is 7.05 Å². The SMILES string of the molecule is COc1cnccc1NC(=O)C1CN(C)C1. The van der Waals surface area contributed by atoms with Crippen molar-refractivity contribution in [2.45, 2.75) is 0 Å². The molecule has 0 aliphatic carbocycles. The number of aromatic nitrogens is 1. The molecule has 1 saturated heterocycles. The van der Waals surface area contributed by atoms with Crippen LogP contribution in [0.15, 0.2) is 18.5 Å². The molecule has 0 radical (unpaired) electrons. The van der Waals surface area contributed by atoms with Crippen molar-refractivity contribution in [3.8, 4) is 5.75 Å². The second kappa shape index (κ2) is 4.49. The molecule has 2 heterocycles. The molecule has 5 heteroatoms. The molecular formula is C11H15N3O2. The van der Waals surface area contributed by atoms with Gasteiger partial charge in [0.05, 0.1) is 24.9 Å². The number of amides is 1. The standard InChI is InChI=1S/C11H15N3O2/c1-14-6-8(7-14)11(15)13-9-3-4-12-5-10(9)16-2/h3-5,8H,6-7H2,1-2H3,(H,12,13,15). The highest BCUT2D eigenvalue weighted by atomic mass is 16.5. The van der Waals surface area contributed by atoms with Crippen LogP contribution in [-0.2, 0) is 4.79 Å². The lowest BCUT2D eigenvalue weighted by Gasteiger charge is -2.34. The summed E-state index contributed by atoms with van der Waals surface area (Å²) in [6.07, 6.45) is 3.22. The number of hydrogen-bond acceptors (Lipinski definition) is 4. The Morgan fingerprint density at radius 1 is 1.62 bits per heavy atom. The Bertz CT molecular complexity index is 389. The largest absolute Gasteiger partial charge is 0.493 e. The van der Waals surface area contributed by atoms with E-state index >= 15 is 0 Å². The Hall–Kier alpha value is -1.62. The number of nitrogens with zero attached hydrogens (tertiary/aromatic N) is 2. The number of ether oxygens (including phenoxy) is 1. The molecule has 1 aromatic rings. The predicted octanol–water partition coefficient (Wildman–Crippen LogP) is 0.590. The zero-order valence-corrected chi connectivity index (χ0v) is 9.43. The van der Waals surface area contributed by atoms with Gasteiger partial charge in [0.1, 0.15) is 0 Å². The molecule has 5 nitrogen and oxygen atoms in total. The van der Waals surface area contributed by atoms with Crippen LogP contribution in [0.25, 0.3) is 0 Å². The summed E-state index contributed by atoms with van der Waals surface area (Å²) in [7, 11) is 3.56. The maximum absolute atomic E-state index is 11.8. The summed E-state index contributed by atoms with van der Waals surface area (Å²) in [5.74, 6) is 0.717. The minimum Gasteiger partial charge on any atom is -0.493 e. The van der Waals surface area contributed by atoms with Gasteiger partial charge in [-0.1, -0.05) is 0 Å². The zero-order chi connectivity index (χ0) is 11.5. The summed E-state index contributed by atoms with van der Waals surface area (Å²) in [5.41, 5.74) is 0.678. The first-order chi connectivity index (χ1) is 7.70. The van der Waals surface area contributed by atoms with E-state index in [0.717, 1.165) is 13.1 Å². The van der Waals surface area contributed by atoms with Gasteiger partial charge in [0, 0.05) is 19.3 Å². The number of carbonyl (C=O) groups is 1. The number of nitrogens with one attached hydrogen (secondary N) is 1. The number of carbonyl (C=O) groups excluding carboxylic acids is 1. The number of pyridine rings is 1. The van der Waals surface area contributed by atoms with Gasteiger partial charge in [0.2, 0.25) is 5.91 Å². The normalized spacial score (nSPS) is 16.6. The Morgan fingerprint density at radius 2 is 2.38 bits per heavy atom. The van der Waals surface area contributed by atoms with E-state index in [0.29, 0.717) is 11.4 Å². The molecule has 86 valence electrons. The van der Waals surface area contributed by atoms with Gasteiger partial charge in [0.15, 0.2) is 5.75 Å². The number of likely N-dealkylation sites (tertiary alicyclic amines) is 1. The lowest BCUT2D eigenvalue weighted by atomic mass is 10.0. The average Bonchev–Trinajstić information content (AvgIpc) is 2.25. The van der Waals surface area contributed by atoms with Crippen LogP contribution in [0.4, 0.5) is 5.69 Å². The van der Waals surface area contributed by atoms with Crippen molar-refractivity contribution in [3.63, 3.8) is 0 Å². The van der Waals surface area contributed by atoms with Crippen molar-refractivity contribution >= 4 is 11.6 Å². The average molecular weight is 221 g/mol. The van der Waals surface area contributed by atoms with Crippen LogP contribution in [0.5, 0.6) is 5.75 Å². The second-order valence-electron chi connectivity index (χ2n) is 3.98. The monoisotopic (exact) mass is 221 g/mol. The van der Waals surface area contributed by atoms with Crippen LogP contribution in [-0.4, -0.2) is 43.0 Å². The van der Waals surface area contributed by atoms with E-state index in [1.54, 1.807) is 25.6 Å². The van der Waals surface area contributed by atoms with E-state index in [-0.39, 0.29) is 11.8 Å². The fraction of sp³-hybridized carbons (Fsp3) is 0.455. The maximum atomic E-state index is 11.8. The second-order valence-corrected chi connectivity index (χ2v) is 3.98. The van der Waals surface area contributed by atoms with Gasteiger partial charge in [-0.25, -0.2) is 0 Å². The van der Waals surface area contributed by atoms with Gasteiger partial charge >= 0.3 is 0 Å². The van der Waals surface area contributed by atoms with Gasteiger partial charge in [-0.05, 0) is 13.1 Å². The quantitative estimate of drug-likeness (QED) is 0.811. The highest BCUT2D eigenvalue weighted by Crippen LogP contribution is 2.23. The molecule has 0 aromatic carbocycles. The highest BCUT2D eigenvalue weighted by Gasteiger charge is 2.30. The predicted molar refractivity (Wildman–Crippen MR) is 60.4 cm³/mol. The van der Waals surface area contributed by atoms with E-state index in [1.165, 1.54) is 0 Å². The molecule has 1 aliphatic heterocycles. The molecule has 2 rings (SSSR count).